The first-order chi connectivity index (χ1) is 6.59. The average Bonchev–Trinajstić information content (AvgIpc) is 2.16. The molecule has 1 aromatic carbocycles. The predicted octanol–water partition coefficient (Wildman–Crippen LogP) is 1.62. The Bertz CT molecular complexity index is 423. The van der Waals surface area contributed by atoms with Crippen LogP contribution in [0.25, 0.3) is 0 Å². The van der Waals surface area contributed by atoms with Crippen LogP contribution in [0.1, 0.15) is 24.0 Å². The molecule has 0 saturated heterocycles. The van der Waals surface area contributed by atoms with Gasteiger partial charge in [0.05, 0.1) is 5.92 Å². The summed E-state index contributed by atoms with van der Waals surface area (Å²) in [7, 11) is 0. The Morgan fingerprint density at radius 1 is 1.29 bits per heavy atom. The van der Waals surface area contributed by atoms with Gasteiger partial charge in [-0.25, -0.2) is 0 Å². The molecule has 1 N–H and O–H groups in total. The van der Waals surface area contributed by atoms with Gasteiger partial charge in [-0.05, 0) is 18.6 Å². The second-order valence-electron chi connectivity index (χ2n) is 3.63. The maximum atomic E-state index is 11.4. The van der Waals surface area contributed by atoms with E-state index in [0.29, 0.717) is 0 Å². The van der Waals surface area contributed by atoms with E-state index in [1.54, 1.807) is 6.92 Å². The van der Waals surface area contributed by atoms with Crippen LogP contribution in [0.15, 0.2) is 18.2 Å². The van der Waals surface area contributed by atoms with Gasteiger partial charge in [0.25, 0.3) is 5.91 Å². The number of anilines is 1. The smallest absolute Gasteiger partial charge is 0.292 e. The highest BCUT2D eigenvalue weighted by Gasteiger charge is 2.30. The van der Waals surface area contributed by atoms with E-state index in [2.05, 4.69) is 5.32 Å². The third-order valence-electron chi connectivity index (χ3n) is 2.54. The fraction of sp³-hybridized carbons (Fsp3) is 0.273. The van der Waals surface area contributed by atoms with Crippen molar-refractivity contribution in [3.05, 3.63) is 29.3 Å². The number of hydrogen-bond donors (Lipinski definition) is 1. The van der Waals surface area contributed by atoms with Gasteiger partial charge in [-0.1, -0.05) is 24.6 Å². The summed E-state index contributed by atoms with van der Waals surface area (Å²) in [6.45, 7) is 3.73. The molecule has 0 aliphatic carbocycles. The van der Waals surface area contributed by atoms with E-state index >= 15 is 0 Å². The maximum Gasteiger partial charge on any atom is 0.292 e. The SMILES string of the molecule is Cc1ccc2c(c1)C(C)C(=O)C(=O)N2. The molecule has 0 fully saturated rings. The minimum absolute atomic E-state index is 0.321. The summed E-state index contributed by atoms with van der Waals surface area (Å²) < 4.78 is 0. The Kier molecular flexibility index (Phi) is 1.88. The fourth-order valence-corrected chi connectivity index (χ4v) is 1.68. The number of hydrogen-bond acceptors (Lipinski definition) is 2. The van der Waals surface area contributed by atoms with Crippen molar-refractivity contribution in [3.8, 4) is 0 Å². The number of carbonyl (C=O) groups excluding carboxylic acids is 2. The van der Waals surface area contributed by atoms with Crippen molar-refractivity contribution >= 4 is 17.4 Å². The van der Waals surface area contributed by atoms with Crippen LogP contribution >= 0.6 is 0 Å². The van der Waals surface area contributed by atoms with Crippen LogP contribution in [0.3, 0.4) is 0 Å². The Balaban J connectivity index is 2.56. The molecule has 14 heavy (non-hydrogen) atoms. The zero-order chi connectivity index (χ0) is 10.3. The molecule has 3 nitrogen and oxygen atoms in total. The molecule has 0 spiro atoms. The molecule has 0 radical (unpaired) electrons. The largest absolute Gasteiger partial charge is 0.319 e. The molecule has 0 saturated carbocycles. The summed E-state index contributed by atoms with van der Waals surface area (Å²) in [6.07, 6.45) is 0. The van der Waals surface area contributed by atoms with Crippen molar-refractivity contribution in [2.75, 3.05) is 5.32 Å². The van der Waals surface area contributed by atoms with Crippen LogP contribution in [0.5, 0.6) is 0 Å². The third-order valence-corrected chi connectivity index (χ3v) is 2.54. The van der Waals surface area contributed by atoms with Crippen molar-refractivity contribution in [2.45, 2.75) is 19.8 Å². The van der Waals surface area contributed by atoms with E-state index in [1.807, 2.05) is 25.1 Å². The van der Waals surface area contributed by atoms with Gasteiger partial charge in [0.15, 0.2) is 0 Å². The summed E-state index contributed by atoms with van der Waals surface area (Å²) in [5, 5.41) is 2.58. The zero-order valence-electron chi connectivity index (χ0n) is 8.13. The number of Topliss-reactive ketones (excluding diaryl/α,β-unsaturated/α-hetero) is 1. The van der Waals surface area contributed by atoms with Crippen LogP contribution in [0.2, 0.25) is 0 Å². The molecule has 72 valence electrons. The molecular weight excluding hydrogens is 178 g/mol. The quantitative estimate of drug-likeness (QED) is 0.630. The molecular formula is C11H11NO2. The lowest BCUT2D eigenvalue weighted by Crippen LogP contribution is -2.32. The van der Waals surface area contributed by atoms with E-state index in [1.165, 1.54) is 0 Å². The predicted molar refractivity (Wildman–Crippen MR) is 53.2 cm³/mol. The maximum absolute atomic E-state index is 11.4. The van der Waals surface area contributed by atoms with Crippen molar-refractivity contribution in [1.29, 1.82) is 0 Å². The van der Waals surface area contributed by atoms with Crippen molar-refractivity contribution in [3.63, 3.8) is 0 Å². The lowest BCUT2D eigenvalue weighted by atomic mass is 9.90. The lowest BCUT2D eigenvalue weighted by molar-refractivity contribution is -0.135. The topological polar surface area (TPSA) is 46.2 Å². The summed E-state index contributed by atoms with van der Waals surface area (Å²) in [5.41, 5.74) is 2.77. The number of rotatable bonds is 0. The number of nitrogens with one attached hydrogen (secondary N) is 1. The normalized spacial score (nSPS) is 20.3. The molecule has 3 heteroatoms. The molecule has 1 aliphatic heterocycles. The monoisotopic (exact) mass is 189 g/mol. The number of fused-ring (bicyclic) bond motifs is 1. The van der Waals surface area contributed by atoms with E-state index in [9.17, 15) is 9.59 Å². The number of benzene rings is 1. The van der Waals surface area contributed by atoms with Gasteiger partial charge in [0.2, 0.25) is 5.78 Å². The van der Waals surface area contributed by atoms with E-state index < -0.39 is 5.91 Å². The number of aryl methyl sites for hydroxylation is 1. The summed E-state index contributed by atoms with van der Waals surface area (Å²) >= 11 is 0. The first-order valence-electron chi connectivity index (χ1n) is 4.55. The number of ketones is 1. The van der Waals surface area contributed by atoms with Crippen molar-refractivity contribution in [2.24, 2.45) is 0 Å². The van der Waals surface area contributed by atoms with Gasteiger partial charge < -0.3 is 5.32 Å². The molecule has 1 amide bonds. The second kappa shape index (κ2) is 2.94. The Labute approximate surface area is 82.1 Å². The van der Waals surface area contributed by atoms with Crippen molar-refractivity contribution < 1.29 is 9.59 Å². The standard InChI is InChI=1S/C11H11NO2/c1-6-3-4-9-8(5-6)7(2)10(13)11(14)12-9/h3-5,7H,1-2H3,(H,12,14). The molecule has 0 aromatic heterocycles. The molecule has 1 heterocycles. The summed E-state index contributed by atoms with van der Waals surface area (Å²) in [5.74, 6) is -1.18. The van der Waals surface area contributed by atoms with E-state index in [0.717, 1.165) is 16.8 Å². The van der Waals surface area contributed by atoms with Crippen LogP contribution in [-0.4, -0.2) is 11.7 Å². The lowest BCUT2D eigenvalue weighted by Gasteiger charge is -2.21. The van der Waals surface area contributed by atoms with Gasteiger partial charge in [-0.2, -0.15) is 0 Å². The Morgan fingerprint density at radius 3 is 2.71 bits per heavy atom. The Hall–Kier alpha value is -1.64. The van der Waals surface area contributed by atoms with Gasteiger partial charge in [-0.3, -0.25) is 9.59 Å². The number of carbonyl (C=O) groups is 2. The fourth-order valence-electron chi connectivity index (χ4n) is 1.68. The van der Waals surface area contributed by atoms with Gasteiger partial charge in [0.1, 0.15) is 0 Å². The number of amides is 1. The molecule has 1 atom stereocenters. The van der Waals surface area contributed by atoms with Crippen LogP contribution < -0.4 is 5.32 Å². The molecule has 2 rings (SSSR count). The van der Waals surface area contributed by atoms with Crippen LogP contribution in [0.4, 0.5) is 5.69 Å². The first-order valence-corrected chi connectivity index (χ1v) is 4.55. The van der Waals surface area contributed by atoms with Gasteiger partial charge in [-0.15, -0.1) is 0 Å². The second-order valence-corrected chi connectivity index (χ2v) is 3.63. The summed E-state index contributed by atoms with van der Waals surface area (Å²) in [4.78, 5) is 22.6. The van der Waals surface area contributed by atoms with E-state index in [4.69, 9.17) is 0 Å². The minimum Gasteiger partial charge on any atom is -0.319 e. The summed E-state index contributed by atoms with van der Waals surface area (Å²) in [6, 6.07) is 5.70. The van der Waals surface area contributed by atoms with E-state index in [-0.39, 0.29) is 11.7 Å². The van der Waals surface area contributed by atoms with Gasteiger partial charge >= 0.3 is 0 Å². The highest BCUT2D eigenvalue weighted by molar-refractivity contribution is 6.44. The molecule has 1 aromatic rings. The minimum atomic E-state index is -0.506. The molecule has 1 aliphatic rings. The Morgan fingerprint density at radius 2 is 2.00 bits per heavy atom. The van der Waals surface area contributed by atoms with Crippen molar-refractivity contribution in [1.82, 2.24) is 0 Å². The molecule has 1 unspecified atom stereocenters. The third kappa shape index (κ3) is 1.21. The zero-order valence-corrected chi connectivity index (χ0v) is 8.13. The van der Waals surface area contributed by atoms with Crippen LogP contribution in [0, 0.1) is 6.92 Å². The first kappa shape index (κ1) is 8.94. The highest BCUT2D eigenvalue weighted by Crippen LogP contribution is 2.30. The highest BCUT2D eigenvalue weighted by atomic mass is 16.2. The molecule has 0 bridgehead atoms. The van der Waals surface area contributed by atoms with Crippen LogP contribution in [-0.2, 0) is 9.59 Å². The van der Waals surface area contributed by atoms with Gasteiger partial charge in [0, 0.05) is 5.69 Å². The average molecular weight is 189 g/mol.